The van der Waals surface area contributed by atoms with Crippen LogP contribution in [0.4, 0.5) is 11.5 Å². The van der Waals surface area contributed by atoms with Crippen molar-refractivity contribution in [1.82, 2.24) is 15.1 Å². The Morgan fingerprint density at radius 3 is 2.54 bits per heavy atom. The van der Waals surface area contributed by atoms with Crippen LogP contribution in [0.1, 0.15) is 16.1 Å². The normalized spacial score (nSPS) is 14.4. The van der Waals surface area contributed by atoms with Crippen LogP contribution in [0, 0.1) is 6.92 Å². The van der Waals surface area contributed by atoms with Crippen molar-refractivity contribution < 1.29 is 9.59 Å². The number of amides is 2. The van der Waals surface area contributed by atoms with Crippen LogP contribution < -0.4 is 10.2 Å². The summed E-state index contributed by atoms with van der Waals surface area (Å²) >= 11 is 0. The van der Waals surface area contributed by atoms with Gasteiger partial charge in [0.1, 0.15) is 0 Å². The summed E-state index contributed by atoms with van der Waals surface area (Å²) in [6.45, 7) is 4.72. The summed E-state index contributed by atoms with van der Waals surface area (Å²) in [5.41, 5.74) is 2.08. The van der Waals surface area contributed by atoms with Crippen molar-refractivity contribution in [1.29, 1.82) is 0 Å². The lowest BCUT2D eigenvalue weighted by atomic mass is 10.2. The van der Waals surface area contributed by atoms with E-state index in [1.807, 2.05) is 31.2 Å². The number of aromatic nitrogens is 2. The molecule has 2 heterocycles. The summed E-state index contributed by atoms with van der Waals surface area (Å²) in [5, 5.41) is 11.0. The summed E-state index contributed by atoms with van der Waals surface area (Å²) in [4.78, 5) is 26.7. The van der Waals surface area contributed by atoms with Crippen molar-refractivity contribution in [2.45, 2.75) is 6.92 Å². The third-order valence-electron chi connectivity index (χ3n) is 3.95. The maximum Gasteiger partial charge on any atom is 0.276 e. The van der Waals surface area contributed by atoms with Gasteiger partial charge in [0.25, 0.3) is 5.91 Å². The maximum absolute atomic E-state index is 12.2. The van der Waals surface area contributed by atoms with Gasteiger partial charge in [-0.25, -0.2) is 0 Å². The average molecular weight is 325 g/mol. The number of hydrogen-bond donors (Lipinski definition) is 1. The van der Waals surface area contributed by atoms with Crippen LogP contribution in [0.5, 0.6) is 0 Å². The van der Waals surface area contributed by atoms with Crippen molar-refractivity contribution in [3.8, 4) is 0 Å². The lowest BCUT2D eigenvalue weighted by Gasteiger charge is -2.32. The Morgan fingerprint density at radius 1 is 1.12 bits per heavy atom. The molecule has 7 nitrogen and oxygen atoms in total. The van der Waals surface area contributed by atoms with Crippen LogP contribution in [0.15, 0.2) is 36.4 Å². The largest absolute Gasteiger partial charge is 0.352 e. The number of carbonyl (C=O) groups excluding carboxylic acids is 2. The number of anilines is 2. The lowest BCUT2D eigenvalue weighted by Crippen LogP contribution is -2.46. The van der Waals surface area contributed by atoms with Crippen LogP contribution in [0.3, 0.4) is 0 Å². The number of nitrogens with zero attached hydrogens (tertiary/aromatic N) is 4. The van der Waals surface area contributed by atoms with Crippen LogP contribution in [-0.2, 0) is 4.79 Å². The maximum atomic E-state index is 12.2. The Balaban J connectivity index is 1.64. The summed E-state index contributed by atoms with van der Waals surface area (Å²) in [6.07, 6.45) is 0.863. The van der Waals surface area contributed by atoms with Crippen LogP contribution in [-0.4, -0.2) is 53.6 Å². The van der Waals surface area contributed by atoms with Gasteiger partial charge in [0.15, 0.2) is 11.5 Å². The zero-order valence-electron chi connectivity index (χ0n) is 13.5. The molecule has 1 aromatic heterocycles. The summed E-state index contributed by atoms with van der Waals surface area (Å²) in [6, 6.07) is 11.0. The molecule has 7 heteroatoms. The molecule has 1 aromatic carbocycles. The Morgan fingerprint density at radius 2 is 1.92 bits per heavy atom. The molecule has 0 aliphatic carbocycles. The van der Waals surface area contributed by atoms with Gasteiger partial charge in [0.05, 0.1) is 0 Å². The van der Waals surface area contributed by atoms with Gasteiger partial charge in [-0.05, 0) is 36.8 Å². The summed E-state index contributed by atoms with van der Waals surface area (Å²) < 4.78 is 0. The molecule has 1 aliphatic heterocycles. The van der Waals surface area contributed by atoms with Crippen LogP contribution in [0.25, 0.3) is 0 Å². The Bertz CT molecular complexity index is 724. The van der Waals surface area contributed by atoms with E-state index in [1.165, 1.54) is 0 Å². The number of aryl methyl sites for hydroxylation is 1. The number of benzene rings is 1. The van der Waals surface area contributed by atoms with Crippen molar-refractivity contribution >= 4 is 23.8 Å². The number of piperazine rings is 1. The van der Waals surface area contributed by atoms with E-state index in [0.717, 1.165) is 17.7 Å². The highest BCUT2D eigenvalue weighted by Crippen LogP contribution is 2.14. The minimum Gasteiger partial charge on any atom is -0.352 e. The standard InChI is InChI=1S/C17H19N5O2/c1-13-3-2-4-14(11-13)18-17(24)15-5-6-16(20-19-15)22-9-7-21(12-23)8-10-22/h2-6,11-12H,7-10H2,1H3,(H,18,24). The second-order valence-electron chi connectivity index (χ2n) is 5.73. The second-order valence-corrected chi connectivity index (χ2v) is 5.73. The predicted molar refractivity (Wildman–Crippen MR) is 91.0 cm³/mol. The molecule has 1 aliphatic rings. The fourth-order valence-electron chi connectivity index (χ4n) is 2.59. The molecule has 124 valence electrons. The van der Waals surface area contributed by atoms with Gasteiger partial charge in [-0.1, -0.05) is 12.1 Å². The molecule has 1 saturated heterocycles. The molecule has 0 radical (unpaired) electrons. The van der Waals surface area contributed by atoms with Crippen molar-refractivity contribution in [2.75, 3.05) is 36.4 Å². The van der Waals surface area contributed by atoms with Gasteiger partial charge in [0.2, 0.25) is 6.41 Å². The van der Waals surface area contributed by atoms with Gasteiger partial charge >= 0.3 is 0 Å². The van der Waals surface area contributed by atoms with E-state index in [9.17, 15) is 9.59 Å². The van der Waals surface area contributed by atoms with E-state index in [-0.39, 0.29) is 11.6 Å². The van der Waals surface area contributed by atoms with Gasteiger partial charge in [-0.2, -0.15) is 0 Å². The molecule has 2 aromatic rings. The average Bonchev–Trinajstić information content (AvgIpc) is 2.62. The quantitative estimate of drug-likeness (QED) is 0.858. The molecule has 24 heavy (non-hydrogen) atoms. The Hall–Kier alpha value is -2.96. The monoisotopic (exact) mass is 325 g/mol. The van der Waals surface area contributed by atoms with Crippen molar-refractivity contribution in [3.63, 3.8) is 0 Å². The smallest absolute Gasteiger partial charge is 0.276 e. The summed E-state index contributed by atoms with van der Waals surface area (Å²) in [5.74, 6) is 0.429. The first kappa shape index (κ1) is 15.9. The number of rotatable bonds is 4. The molecule has 0 spiro atoms. The molecule has 0 bridgehead atoms. The Labute approximate surface area is 140 Å². The molecule has 1 fully saturated rings. The van der Waals surface area contributed by atoms with E-state index in [2.05, 4.69) is 20.4 Å². The zero-order valence-corrected chi connectivity index (χ0v) is 13.5. The number of carbonyl (C=O) groups is 2. The zero-order chi connectivity index (χ0) is 16.9. The van der Waals surface area contributed by atoms with Crippen molar-refractivity contribution in [3.05, 3.63) is 47.7 Å². The number of hydrogen-bond acceptors (Lipinski definition) is 5. The fraction of sp³-hybridized carbons (Fsp3) is 0.294. The first-order valence-corrected chi connectivity index (χ1v) is 7.82. The van der Waals surface area contributed by atoms with Crippen LogP contribution in [0.2, 0.25) is 0 Å². The molecular weight excluding hydrogens is 306 g/mol. The van der Waals surface area contributed by atoms with E-state index in [1.54, 1.807) is 17.0 Å². The second kappa shape index (κ2) is 7.08. The number of nitrogens with one attached hydrogen (secondary N) is 1. The van der Waals surface area contributed by atoms with E-state index >= 15 is 0 Å². The fourth-order valence-corrected chi connectivity index (χ4v) is 2.59. The van der Waals surface area contributed by atoms with E-state index in [4.69, 9.17) is 0 Å². The molecular formula is C17H19N5O2. The minimum absolute atomic E-state index is 0.270. The first-order valence-electron chi connectivity index (χ1n) is 7.82. The van der Waals surface area contributed by atoms with E-state index in [0.29, 0.717) is 32.0 Å². The van der Waals surface area contributed by atoms with Gasteiger partial charge < -0.3 is 15.1 Å². The SMILES string of the molecule is Cc1cccc(NC(=O)c2ccc(N3CCN(C=O)CC3)nn2)c1. The molecule has 2 amide bonds. The minimum atomic E-state index is -0.287. The summed E-state index contributed by atoms with van der Waals surface area (Å²) in [7, 11) is 0. The Kier molecular flexibility index (Phi) is 4.69. The highest BCUT2D eigenvalue weighted by molar-refractivity contribution is 6.02. The highest BCUT2D eigenvalue weighted by atomic mass is 16.2. The van der Waals surface area contributed by atoms with E-state index < -0.39 is 0 Å². The third kappa shape index (κ3) is 3.68. The first-order chi connectivity index (χ1) is 11.7. The molecule has 0 unspecified atom stereocenters. The lowest BCUT2D eigenvalue weighted by molar-refractivity contribution is -0.118. The topological polar surface area (TPSA) is 78.4 Å². The molecule has 0 saturated carbocycles. The molecule has 1 N–H and O–H groups in total. The van der Waals surface area contributed by atoms with Gasteiger partial charge in [0, 0.05) is 31.9 Å². The highest BCUT2D eigenvalue weighted by Gasteiger charge is 2.17. The predicted octanol–water partition coefficient (Wildman–Crippen LogP) is 1.32. The molecule has 0 atom stereocenters. The van der Waals surface area contributed by atoms with Gasteiger partial charge in [-0.15, -0.1) is 10.2 Å². The molecule has 3 rings (SSSR count). The van der Waals surface area contributed by atoms with Crippen LogP contribution >= 0.6 is 0 Å². The van der Waals surface area contributed by atoms with Crippen molar-refractivity contribution in [2.24, 2.45) is 0 Å². The van der Waals surface area contributed by atoms with Gasteiger partial charge in [-0.3, -0.25) is 9.59 Å². The third-order valence-corrected chi connectivity index (χ3v) is 3.95.